The largest absolute Gasteiger partial charge is 0.483 e. The van der Waals surface area contributed by atoms with Gasteiger partial charge in [0.05, 0.1) is 0 Å². The Kier molecular flexibility index (Phi) is 10.5. The van der Waals surface area contributed by atoms with Crippen LogP contribution in [0.1, 0.15) is 31.2 Å². The lowest BCUT2D eigenvalue weighted by molar-refractivity contribution is -0.123. The highest BCUT2D eigenvalue weighted by molar-refractivity contribution is 5.33. The fourth-order valence-electron chi connectivity index (χ4n) is 4.41. The molecule has 0 aliphatic heterocycles. The highest BCUT2D eigenvalue weighted by Gasteiger charge is 2.43. The van der Waals surface area contributed by atoms with Crippen molar-refractivity contribution in [3.05, 3.63) is 18.0 Å². The quantitative estimate of drug-likeness (QED) is 0.699. The highest BCUT2D eigenvalue weighted by Crippen LogP contribution is 2.46. The molecule has 9 heteroatoms. The van der Waals surface area contributed by atoms with Crippen molar-refractivity contribution in [2.75, 3.05) is 40.1 Å². The van der Waals surface area contributed by atoms with Crippen LogP contribution in [0.3, 0.4) is 0 Å². The first-order chi connectivity index (χ1) is 13.8. The molecule has 0 radical (unpaired) electrons. The molecule has 1 aromatic heterocycles. The van der Waals surface area contributed by atoms with Crippen LogP contribution in [0.15, 0.2) is 12.4 Å². The minimum absolute atomic E-state index is 0.250. The third-order valence-corrected chi connectivity index (χ3v) is 5.84. The van der Waals surface area contributed by atoms with Gasteiger partial charge in [-0.1, -0.05) is 0 Å². The molecule has 164 valence electrons. The zero-order valence-corrected chi connectivity index (χ0v) is 18.1. The van der Waals surface area contributed by atoms with Gasteiger partial charge in [-0.2, -0.15) is 0 Å². The van der Waals surface area contributed by atoms with E-state index in [0.29, 0.717) is 0 Å². The lowest BCUT2D eigenvalue weighted by atomic mass is 10.0. The number of aromatic nitrogens is 2. The number of hydrogen-bond donors (Lipinski definition) is 2. The van der Waals surface area contributed by atoms with Gasteiger partial charge < -0.3 is 20.0 Å². The highest BCUT2D eigenvalue weighted by atomic mass is 16.3. The van der Waals surface area contributed by atoms with Crippen molar-refractivity contribution in [1.82, 2.24) is 19.8 Å². The Morgan fingerprint density at radius 1 is 0.897 bits per heavy atom. The molecule has 1 aromatic rings. The van der Waals surface area contributed by atoms with E-state index < -0.39 is 0 Å². The maximum atomic E-state index is 8.36. The van der Waals surface area contributed by atoms with E-state index in [9.17, 15) is 0 Å². The average Bonchev–Trinajstić information content (AvgIpc) is 3.23. The molecular formula is C20H35N5O4. The lowest BCUT2D eigenvalue weighted by Crippen LogP contribution is -2.31. The van der Waals surface area contributed by atoms with Gasteiger partial charge in [-0.3, -0.25) is 14.5 Å². The van der Waals surface area contributed by atoms with Gasteiger partial charge in [0.1, 0.15) is 0 Å². The SMILES string of the molecule is CN(C)c1ncc(CN(C)C2C[C@H]3CC(N(C)C)C[C@H]3C2)cn1.O=CO.O=CO. The van der Waals surface area contributed by atoms with Crippen LogP contribution in [0.5, 0.6) is 0 Å². The molecule has 2 aliphatic rings. The van der Waals surface area contributed by atoms with Crippen LogP contribution in [0, 0.1) is 11.8 Å². The summed E-state index contributed by atoms with van der Waals surface area (Å²) in [6.45, 7) is 0.453. The molecule has 0 spiro atoms. The first-order valence-electron chi connectivity index (χ1n) is 9.77. The van der Waals surface area contributed by atoms with Gasteiger partial charge in [0.15, 0.2) is 0 Å². The molecule has 29 heavy (non-hydrogen) atoms. The van der Waals surface area contributed by atoms with Crippen molar-refractivity contribution >= 4 is 18.9 Å². The van der Waals surface area contributed by atoms with Gasteiger partial charge in [-0.05, 0) is 58.7 Å². The van der Waals surface area contributed by atoms with Crippen LogP contribution in [0.2, 0.25) is 0 Å². The van der Waals surface area contributed by atoms with E-state index >= 15 is 0 Å². The molecule has 3 rings (SSSR count). The molecular weight excluding hydrogens is 374 g/mol. The molecule has 2 aliphatic carbocycles. The van der Waals surface area contributed by atoms with E-state index in [2.05, 4.69) is 40.9 Å². The maximum absolute atomic E-state index is 8.36. The minimum atomic E-state index is -0.250. The van der Waals surface area contributed by atoms with Crippen molar-refractivity contribution in [3.63, 3.8) is 0 Å². The predicted molar refractivity (Wildman–Crippen MR) is 112 cm³/mol. The van der Waals surface area contributed by atoms with Crippen molar-refractivity contribution in [3.8, 4) is 0 Å². The van der Waals surface area contributed by atoms with Crippen molar-refractivity contribution in [1.29, 1.82) is 0 Å². The second-order valence-electron chi connectivity index (χ2n) is 8.15. The van der Waals surface area contributed by atoms with E-state index in [1.807, 2.05) is 31.4 Å². The molecule has 2 fully saturated rings. The first kappa shape index (κ1) is 24.8. The Hall–Kier alpha value is -2.26. The smallest absolute Gasteiger partial charge is 0.290 e. The van der Waals surface area contributed by atoms with Crippen LogP contribution in [0.4, 0.5) is 5.95 Å². The maximum Gasteiger partial charge on any atom is 0.290 e. The molecule has 2 N–H and O–H groups in total. The second-order valence-corrected chi connectivity index (χ2v) is 8.15. The normalized spacial score (nSPS) is 24.8. The summed E-state index contributed by atoms with van der Waals surface area (Å²) >= 11 is 0. The van der Waals surface area contributed by atoms with Gasteiger partial charge in [0, 0.05) is 50.7 Å². The molecule has 0 amide bonds. The fourth-order valence-corrected chi connectivity index (χ4v) is 4.41. The summed E-state index contributed by atoms with van der Waals surface area (Å²) in [5, 5.41) is 13.8. The first-order valence-corrected chi connectivity index (χ1v) is 9.77. The van der Waals surface area contributed by atoms with E-state index in [-0.39, 0.29) is 12.9 Å². The standard InChI is InChI=1S/C18H31N5.2CH2O2/c1-21(2)16-6-14-8-17(9-15(14)7-16)23(5)12-13-10-19-18(20-11-13)22(3)4;2*2-1-3/h10-11,14-17H,6-9,12H2,1-5H3;2*1H,(H,2,3)/t14-,15+,16?,17?;;. The fraction of sp³-hybridized carbons (Fsp3) is 0.700. The molecule has 1 heterocycles. The number of carbonyl (C=O) groups is 2. The summed E-state index contributed by atoms with van der Waals surface area (Å²) in [6.07, 6.45) is 9.45. The summed E-state index contributed by atoms with van der Waals surface area (Å²) in [5.74, 6) is 2.64. The number of carboxylic acid groups (broad SMARTS) is 2. The van der Waals surface area contributed by atoms with Crippen molar-refractivity contribution in [2.45, 2.75) is 44.3 Å². The number of hydrogen-bond acceptors (Lipinski definition) is 7. The molecule has 0 saturated heterocycles. The lowest BCUT2D eigenvalue weighted by Gasteiger charge is -2.27. The van der Waals surface area contributed by atoms with E-state index in [0.717, 1.165) is 36.4 Å². The summed E-state index contributed by atoms with van der Waals surface area (Å²) in [7, 11) is 10.7. The topological polar surface area (TPSA) is 110 Å². The molecule has 2 unspecified atom stereocenters. The van der Waals surface area contributed by atoms with Crippen LogP contribution in [-0.2, 0) is 16.1 Å². The third-order valence-electron chi connectivity index (χ3n) is 5.84. The summed E-state index contributed by atoms with van der Waals surface area (Å²) in [6, 6.07) is 1.53. The molecule has 0 bridgehead atoms. The van der Waals surface area contributed by atoms with Crippen molar-refractivity contribution < 1.29 is 19.8 Å². The van der Waals surface area contributed by atoms with Gasteiger partial charge in [0.25, 0.3) is 12.9 Å². The second kappa shape index (κ2) is 12.3. The Bertz CT molecular complexity index is 591. The van der Waals surface area contributed by atoms with Crippen LogP contribution in [0.25, 0.3) is 0 Å². The number of rotatable bonds is 5. The number of fused-ring (bicyclic) bond motifs is 1. The van der Waals surface area contributed by atoms with E-state index in [1.165, 1.54) is 31.2 Å². The summed E-state index contributed by atoms with van der Waals surface area (Å²) in [4.78, 5) is 32.4. The van der Waals surface area contributed by atoms with Crippen LogP contribution < -0.4 is 4.90 Å². The van der Waals surface area contributed by atoms with Gasteiger partial charge in [0.2, 0.25) is 5.95 Å². The van der Waals surface area contributed by atoms with Gasteiger partial charge in [-0.15, -0.1) is 0 Å². The summed E-state index contributed by atoms with van der Waals surface area (Å²) < 4.78 is 0. The van der Waals surface area contributed by atoms with E-state index in [1.54, 1.807) is 0 Å². The van der Waals surface area contributed by atoms with Crippen molar-refractivity contribution in [2.24, 2.45) is 11.8 Å². The Labute approximate surface area is 173 Å². The molecule has 2 saturated carbocycles. The summed E-state index contributed by atoms with van der Waals surface area (Å²) in [5.41, 5.74) is 1.21. The monoisotopic (exact) mass is 409 g/mol. The van der Waals surface area contributed by atoms with Crippen LogP contribution >= 0.6 is 0 Å². The number of anilines is 1. The van der Waals surface area contributed by atoms with Gasteiger partial charge in [-0.25, -0.2) is 9.97 Å². The molecule has 9 nitrogen and oxygen atoms in total. The molecule has 4 atom stereocenters. The third kappa shape index (κ3) is 7.58. The molecule has 0 aromatic carbocycles. The minimum Gasteiger partial charge on any atom is -0.483 e. The Balaban J connectivity index is 0.000000626. The van der Waals surface area contributed by atoms with Crippen LogP contribution in [-0.4, -0.2) is 90.2 Å². The Morgan fingerprint density at radius 2 is 1.31 bits per heavy atom. The number of nitrogens with zero attached hydrogens (tertiary/aromatic N) is 5. The Morgan fingerprint density at radius 3 is 1.69 bits per heavy atom. The zero-order chi connectivity index (χ0) is 22.0. The predicted octanol–water partition coefficient (Wildman–Crippen LogP) is 1.49. The van der Waals surface area contributed by atoms with E-state index in [4.69, 9.17) is 19.8 Å². The van der Waals surface area contributed by atoms with Gasteiger partial charge >= 0.3 is 0 Å². The average molecular weight is 410 g/mol. The zero-order valence-electron chi connectivity index (χ0n) is 18.1.